The predicted molar refractivity (Wildman–Crippen MR) is 504 cm³/mol. The fourth-order valence-corrected chi connectivity index (χ4v) is 18.0. The molecule has 12 heterocycles. The molecule has 0 aliphatic carbocycles. The molecule has 4 fully saturated rings. The lowest BCUT2D eigenvalue weighted by Gasteiger charge is -2.40. The summed E-state index contributed by atoms with van der Waals surface area (Å²) in [4.78, 5) is 151. The van der Waals surface area contributed by atoms with Gasteiger partial charge in [0, 0.05) is 132 Å². The molecule has 2 atom stereocenters. The van der Waals surface area contributed by atoms with E-state index in [1.54, 1.807) is 64.6 Å². The molecule has 4 saturated heterocycles. The van der Waals surface area contributed by atoms with Crippen molar-refractivity contribution < 1.29 is 42.6 Å². The van der Waals surface area contributed by atoms with Crippen molar-refractivity contribution in [2.24, 2.45) is 0 Å². The van der Waals surface area contributed by atoms with Gasteiger partial charge in [0.1, 0.15) is 93.5 Å². The second-order valence-electron chi connectivity index (χ2n) is 31.0. The van der Waals surface area contributed by atoms with Crippen LogP contribution in [0.5, 0.6) is 11.5 Å². The van der Waals surface area contributed by atoms with E-state index in [9.17, 15) is 61.7 Å². The van der Waals surface area contributed by atoms with E-state index in [2.05, 4.69) is 71.1 Å². The van der Waals surface area contributed by atoms with Crippen LogP contribution in [0.1, 0.15) is 36.6 Å². The van der Waals surface area contributed by atoms with Gasteiger partial charge in [-0.2, -0.15) is 0 Å². The molecule has 17 rings (SSSR count). The number of anilines is 6. The zero-order chi connectivity index (χ0) is 94.3. The molecule has 0 bridgehead atoms. The molecular formula is C90H83Cl6F3N22O10. The number of phenolic OH excluding ortho intramolecular Hbond substituents is 2. The standard InChI is InChI=1S/C25H23N5O3.2C22H21Cl2FN6O2.C21H18Cl2FN5O3/c1-3-21(32)28-10-12-29(13-11-28)24-19-14-16(2)30(25(33)22(19)26-15-27-24)23-18-7-5-4-6-17(18)8-9-20(23)31;2*1-4-16(32)29-5-6-30(12(3)9-29)21-13-7-11(2)31(22(33)19(13)27-10-28-21)20-17(25)14(23)8-15(24)18(20)26;1-3-15(30)27-4-6-28(7-5-27)20-12-8-11(2)29(21(32)17(12)25-10-26-20)18-16(24)13(22)9-14(23)19(18)31/h3-9,14-15,31H,1,10-13H2,2H3;2*4,7-8,10,12H,1,5-6,9,26H2,2-3H3;3,8-10,31H,1,4-7H2,2H3. The SMILES string of the molecule is C=CC(=O)N1CCN(c2ncnc3c(=O)n(-c4c(N)c(Cl)cc(Cl)c4F)c(C)cc23)C(C)C1.C=CC(=O)N1CCN(c2ncnc3c(=O)n(-c4c(N)c(Cl)cc(Cl)c4F)c(C)cc23)C(C)C1.C=CC(=O)N1CCN(c2ncnc3c(=O)n(-c4c(O)c(Cl)cc(Cl)c4F)c(C)cc23)CC1.C=CC(=O)N1CCN(c2ncnc3c(=O)n(-c4c(O)ccc5ccccc45)c(C)cc23)CC1. The summed E-state index contributed by atoms with van der Waals surface area (Å²) >= 11 is 35.9. The molecule has 6 N–H and O–H groups in total. The number of piperazine rings is 4. The van der Waals surface area contributed by atoms with Crippen LogP contribution in [0.4, 0.5) is 47.8 Å². The molecule has 4 amide bonds. The van der Waals surface area contributed by atoms with E-state index >= 15 is 0 Å². The second kappa shape index (κ2) is 38.5. The van der Waals surface area contributed by atoms with Gasteiger partial charge in [0.25, 0.3) is 22.2 Å². The summed E-state index contributed by atoms with van der Waals surface area (Å²) in [5, 5.41) is 24.0. The van der Waals surface area contributed by atoms with Crippen LogP contribution in [0.3, 0.4) is 0 Å². The molecule has 0 spiro atoms. The highest BCUT2D eigenvalue weighted by Gasteiger charge is 2.35. The van der Waals surface area contributed by atoms with Crippen LogP contribution in [-0.2, 0) is 19.2 Å². The number of fused-ring (bicyclic) bond motifs is 5. The fourth-order valence-electron chi connectivity index (χ4n) is 16.6. The summed E-state index contributed by atoms with van der Waals surface area (Å²) in [5.41, 5.74) is 11.5. The molecule has 32 nitrogen and oxygen atoms in total. The van der Waals surface area contributed by atoms with Crippen molar-refractivity contribution in [1.82, 2.24) is 77.7 Å². The smallest absolute Gasteiger partial charge is 0.282 e. The number of halogens is 9. The van der Waals surface area contributed by atoms with Crippen molar-refractivity contribution in [2.75, 3.05) is 123 Å². The van der Waals surface area contributed by atoms with E-state index in [4.69, 9.17) is 81.1 Å². The number of rotatable bonds is 12. The van der Waals surface area contributed by atoms with E-state index in [0.29, 0.717) is 165 Å². The zero-order valence-corrected chi connectivity index (χ0v) is 75.7. The molecule has 4 aliphatic rings. The van der Waals surface area contributed by atoms with Gasteiger partial charge in [-0.3, -0.25) is 56.6 Å². The Morgan fingerprint density at radius 3 is 1.05 bits per heavy atom. The van der Waals surface area contributed by atoms with Gasteiger partial charge >= 0.3 is 0 Å². The summed E-state index contributed by atoms with van der Waals surface area (Å²) in [6.45, 7) is 32.0. The van der Waals surface area contributed by atoms with Gasteiger partial charge in [-0.25, -0.2) is 53.0 Å². The Morgan fingerprint density at radius 2 is 0.687 bits per heavy atom. The topological polar surface area (TPSA) is 378 Å². The molecular weight excluding hydrogens is 1820 g/mol. The first-order valence-corrected chi connectivity index (χ1v) is 42.9. The van der Waals surface area contributed by atoms with Gasteiger partial charge in [-0.15, -0.1) is 0 Å². The molecule has 676 valence electrons. The lowest BCUT2D eigenvalue weighted by atomic mass is 10.1. The van der Waals surface area contributed by atoms with Crippen LogP contribution in [0.15, 0.2) is 174 Å². The Hall–Kier alpha value is -13.7. The van der Waals surface area contributed by atoms with E-state index in [-0.39, 0.29) is 122 Å². The highest BCUT2D eigenvalue weighted by Crippen LogP contribution is 2.41. The maximum atomic E-state index is 14.9. The summed E-state index contributed by atoms with van der Waals surface area (Å²) in [6.07, 6.45) is 10.4. The Labute approximate surface area is 774 Å². The van der Waals surface area contributed by atoms with Gasteiger partial charge in [0.05, 0.1) is 68.7 Å². The van der Waals surface area contributed by atoms with Crippen LogP contribution < -0.4 is 53.3 Å². The first-order valence-electron chi connectivity index (χ1n) is 40.7. The minimum absolute atomic E-state index is 0.0236. The van der Waals surface area contributed by atoms with E-state index in [0.717, 1.165) is 30.5 Å². The number of phenols is 2. The third kappa shape index (κ3) is 17.8. The van der Waals surface area contributed by atoms with Crippen LogP contribution in [-0.4, -0.2) is 215 Å². The van der Waals surface area contributed by atoms with Gasteiger partial charge in [-0.05, 0) is 120 Å². The lowest BCUT2D eigenvalue weighted by molar-refractivity contribution is -0.127. The number of aryl methyl sites for hydroxylation is 4. The molecule has 131 heavy (non-hydrogen) atoms. The Balaban J connectivity index is 0.000000141. The normalized spacial score (nSPS) is 15.2. The number of carbonyl (C=O) groups is 4. The van der Waals surface area contributed by atoms with E-state index in [1.165, 1.54) is 66.3 Å². The van der Waals surface area contributed by atoms with Crippen molar-refractivity contribution in [3.8, 4) is 34.2 Å². The average Bonchev–Trinajstić information content (AvgIpc) is 0.681. The van der Waals surface area contributed by atoms with Crippen molar-refractivity contribution in [3.05, 3.63) is 267 Å². The number of amides is 4. The minimum atomic E-state index is -0.976. The number of pyridine rings is 4. The summed E-state index contributed by atoms with van der Waals surface area (Å²) < 4.78 is 49.4. The summed E-state index contributed by atoms with van der Waals surface area (Å²) in [6, 6.07) is 21.3. The molecule has 4 aliphatic heterocycles. The second-order valence-corrected chi connectivity index (χ2v) is 33.4. The third-order valence-corrected chi connectivity index (χ3v) is 24.8. The zero-order valence-electron chi connectivity index (χ0n) is 71.2. The summed E-state index contributed by atoms with van der Waals surface area (Å²) in [7, 11) is 0. The number of aromatic hydroxyl groups is 2. The largest absolute Gasteiger partial charge is 0.506 e. The van der Waals surface area contributed by atoms with Crippen molar-refractivity contribution in [3.63, 3.8) is 0 Å². The Kier molecular flexibility index (Phi) is 27.5. The maximum Gasteiger partial charge on any atom is 0.282 e. The fraction of sp³-hybridized carbons (Fsp3) is 0.244. The monoisotopic (exact) mass is 1900 g/mol. The van der Waals surface area contributed by atoms with E-state index in [1.807, 2.05) is 71.9 Å². The van der Waals surface area contributed by atoms with Crippen LogP contribution in [0.25, 0.3) is 77.1 Å². The average molecular weight is 1900 g/mol. The van der Waals surface area contributed by atoms with Gasteiger partial charge in [0.2, 0.25) is 23.6 Å². The van der Waals surface area contributed by atoms with Gasteiger partial charge in [0.15, 0.2) is 23.2 Å². The number of nitrogen functional groups attached to an aromatic ring is 2. The van der Waals surface area contributed by atoms with Crippen LogP contribution >= 0.6 is 69.6 Å². The molecule has 8 aromatic heterocycles. The molecule has 0 radical (unpaired) electrons. The molecule has 5 aromatic carbocycles. The quantitative estimate of drug-likeness (QED) is 0.0501. The van der Waals surface area contributed by atoms with Crippen LogP contribution in [0, 0.1) is 45.1 Å². The molecule has 41 heteroatoms. The molecule has 13 aromatic rings. The summed E-state index contributed by atoms with van der Waals surface area (Å²) in [5.74, 6) is -1.44. The van der Waals surface area contributed by atoms with Crippen LogP contribution in [0.2, 0.25) is 30.1 Å². The molecule has 0 saturated carbocycles. The van der Waals surface area contributed by atoms with Crippen molar-refractivity contribution >= 4 is 182 Å². The number of benzene rings is 5. The number of carbonyl (C=O) groups excluding carboxylic acids is 4. The molecule has 2 unspecified atom stereocenters. The number of hydrogen-bond donors (Lipinski definition) is 4. The van der Waals surface area contributed by atoms with E-state index < -0.39 is 45.6 Å². The Morgan fingerprint density at radius 1 is 0.382 bits per heavy atom. The highest BCUT2D eigenvalue weighted by molar-refractivity contribution is 6.38. The number of nitrogens with two attached hydrogens (primary N) is 2. The number of hydrogen-bond acceptors (Lipinski definition) is 24. The third-order valence-electron chi connectivity index (χ3n) is 23.1. The highest BCUT2D eigenvalue weighted by atomic mass is 35.5. The van der Waals surface area contributed by atoms with Crippen molar-refractivity contribution in [1.29, 1.82) is 0 Å². The lowest BCUT2D eigenvalue weighted by Crippen LogP contribution is -2.53. The first-order chi connectivity index (χ1) is 62.5. The predicted octanol–water partition coefficient (Wildman–Crippen LogP) is 12.5. The van der Waals surface area contributed by atoms with Gasteiger partial charge in [-0.1, -0.05) is 126 Å². The number of aromatic nitrogens is 12. The number of nitrogens with zero attached hydrogens (tertiary/aromatic N) is 20. The maximum absolute atomic E-state index is 14.9. The Bertz CT molecular complexity index is 6910. The first kappa shape index (κ1) is 93.4. The van der Waals surface area contributed by atoms with Crippen molar-refractivity contribution in [2.45, 2.75) is 53.6 Å². The minimum Gasteiger partial charge on any atom is -0.506 e. The van der Waals surface area contributed by atoms with Gasteiger partial charge < -0.3 is 60.9 Å².